The average molecular weight is 440 g/mol. The maximum atomic E-state index is 13.8. The summed E-state index contributed by atoms with van der Waals surface area (Å²) >= 11 is 0. The molecule has 0 saturated carbocycles. The number of H-pyrrole nitrogens is 1. The summed E-state index contributed by atoms with van der Waals surface area (Å²) in [6.07, 6.45) is 1.34. The van der Waals surface area contributed by atoms with Crippen LogP contribution in [0.2, 0.25) is 0 Å². The van der Waals surface area contributed by atoms with Crippen LogP contribution < -0.4 is 0 Å². The average Bonchev–Trinajstić information content (AvgIpc) is 3.16. The van der Waals surface area contributed by atoms with E-state index in [4.69, 9.17) is 0 Å². The van der Waals surface area contributed by atoms with E-state index in [-0.39, 0.29) is 23.7 Å². The Bertz CT molecular complexity index is 1230. The predicted octanol–water partition coefficient (Wildman–Crippen LogP) is 1.99. The molecule has 0 radical (unpaired) electrons. The molecule has 4 rings (SSSR count). The number of carbonyl (C=O) groups is 2. The van der Waals surface area contributed by atoms with Crippen molar-refractivity contribution >= 4 is 28.4 Å². The summed E-state index contributed by atoms with van der Waals surface area (Å²) in [6, 6.07) is 9.81. The van der Waals surface area contributed by atoms with Gasteiger partial charge in [-0.1, -0.05) is 30.3 Å². The molecule has 2 heterocycles. The third kappa shape index (κ3) is 3.38. The van der Waals surface area contributed by atoms with Crippen LogP contribution in [-0.2, 0) is 22.4 Å². The van der Waals surface area contributed by atoms with Crippen molar-refractivity contribution in [1.29, 1.82) is 0 Å². The highest BCUT2D eigenvalue weighted by molar-refractivity contribution is 5.99. The third-order valence-electron chi connectivity index (χ3n) is 6.01. The molecule has 9 nitrogen and oxygen atoms in total. The van der Waals surface area contributed by atoms with Crippen LogP contribution in [0.1, 0.15) is 11.1 Å². The number of non-ortho nitro benzene ring substituents is 1. The molecule has 1 fully saturated rings. The maximum absolute atomic E-state index is 13.8. The van der Waals surface area contributed by atoms with Crippen LogP contribution in [0.15, 0.2) is 48.7 Å². The highest BCUT2D eigenvalue weighted by atomic mass is 19.1. The number of hydrogen-bond acceptors (Lipinski definition) is 5. The standard InChI is InChI=1S/C22H21FN4O5/c1-25-18(8-14-12-24-16-9-15(23)10-17(19(14)16)27(31)32)20(28)26(2)22(30,21(25)29)11-13-6-4-3-5-7-13/h3-7,9-10,12,18,24,30H,8,11H2,1-2H3/t18-,22+/m0/s1. The number of piperazine rings is 1. The fraction of sp³-hybridized carbons (Fsp3) is 0.273. The van der Waals surface area contributed by atoms with Gasteiger partial charge < -0.3 is 19.9 Å². The second kappa shape index (κ2) is 7.72. The van der Waals surface area contributed by atoms with E-state index in [9.17, 15) is 29.2 Å². The fourth-order valence-corrected chi connectivity index (χ4v) is 4.23. The number of aliphatic hydroxyl groups is 1. The van der Waals surface area contributed by atoms with Gasteiger partial charge in [0.15, 0.2) is 0 Å². The van der Waals surface area contributed by atoms with Crippen LogP contribution in [0.4, 0.5) is 10.1 Å². The largest absolute Gasteiger partial charge is 0.363 e. The predicted molar refractivity (Wildman–Crippen MR) is 113 cm³/mol. The lowest BCUT2D eigenvalue weighted by molar-refractivity contribution is -0.383. The summed E-state index contributed by atoms with van der Waals surface area (Å²) in [5, 5.41) is 22.8. The number of benzene rings is 2. The quantitative estimate of drug-likeness (QED) is 0.464. The molecule has 1 aliphatic heterocycles. The van der Waals surface area contributed by atoms with Gasteiger partial charge in [0.1, 0.15) is 11.9 Å². The SMILES string of the molecule is CN1C(=O)[C@](O)(Cc2ccccc2)N(C)C(=O)[C@@H]1Cc1c[nH]c2cc(F)cc([N+](=O)[O-])c12. The van der Waals surface area contributed by atoms with E-state index in [2.05, 4.69) is 4.98 Å². The lowest BCUT2D eigenvalue weighted by Crippen LogP contribution is -2.70. The van der Waals surface area contributed by atoms with Crippen LogP contribution in [-0.4, -0.2) is 62.5 Å². The molecule has 10 heteroatoms. The second-order valence-corrected chi connectivity index (χ2v) is 7.93. The van der Waals surface area contributed by atoms with Crippen molar-refractivity contribution < 1.29 is 24.0 Å². The number of amides is 2. The van der Waals surface area contributed by atoms with Crippen molar-refractivity contribution in [1.82, 2.24) is 14.8 Å². The summed E-state index contributed by atoms with van der Waals surface area (Å²) in [4.78, 5) is 42.1. The Morgan fingerprint density at radius 1 is 1.22 bits per heavy atom. The van der Waals surface area contributed by atoms with Gasteiger partial charge in [0.25, 0.3) is 11.6 Å². The molecule has 0 unspecified atom stereocenters. The van der Waals surface area contributed by atoms with E-state index in [0.29, 0.717) is 11.1 Å². The summed E-state index contributed by atoms with van der Waals surface area (Å²) < 4.78 is 13.8. The first kappa shape index (κ1) is 21.4. The van der Waals surface area contributed by atoms with Crippen molar-refractivity contribution in [3.05, 3.63) is 75.7 Å². The molecule has 1 saturated heterocycles. The normalized spacial score (nSPS) is 21.4. The number of hydrogen-bond donors (Lipinski definition) is 2. The van der Waals surface area contributed by atoms with E-state index < -0.39 is 40.0 Å². The van der Waals surface area contributed by atoms with E-state index in [0.717, 1.165) is 17.0 Å². The summed E-state index contributed by atoms with van der Waals surface area (Å²) in [5.41, 5.74) is -1.19. The number of rotatable bonds is 5. The van der Waals surface area contributed by atoms with Gasteiger partial charge >= 0.3 is 0 Å². The molecule has 0 aliphatic carbocycles. The Hall–Kier alpha value is -3.79. The highest BCUT2D eigenvalue weighted by Gasteiger charge is 2.53. The number of nitro benzene ring substituents is 1. The van der Waals surface area contributed by atoms with Crippen LogP contribution in [0.3, 0.4) is 0 Å². The molecule has 32 heavy (non-hydrogen) atoms. The minimum absolute atomic E-state index is 0.0424. The van der Waals surface area contributed by atoms with Gasteiger partial charge in [-0.3, -0.25) is 19.7 Å². The second-order valence-electron chi connectivity index (χ2n) is 7.93. The fourth-order valence-electron chi connectivity index (χ4n) is 4.23. The van der Waals surface area contributed by atoms with Crippen LogP contribution >= 0.6 is 0 Å². The Balaban J connectivity index is 1.68. The highest BCUT2D eigenvalue weighted by Crippen LogP contribution is 2.33. The number of fused-ring (bicyclic) bond motifs is 1. The number of halogens is 1. The van der Waals surface area contributed by atoms with Crippen LogP contribution in [0.5, 0.6) is 0 Å². The van der Waals surface area contributed by atoms with E-state index in [1.54, 1.807) is 30.3 Å². The Morgan fingerprint density at radius 3 is 2.56 bits per heavy atom. The van der Waals surface area contributed by atoms with Crippen molar-refractivity contribution in [2.24, 2.45) is 0 Å². The Morgan fingerprint density at radius 2 is 1.91 bits per heavy atom. The Labute approximate surface area is 182 Å². The van der Waals surface area contributed by atoms with E-state index in [1.165, 1.54) is 25.2 Å². The first-order valence-corrected chi connectivity index (χ1v) is 9.88. The maximum Gasteiger partial charge on any atom is 0.281 e. The molecular weight excluding hydrogens is 419 g/mol. The number of aromatic nitrogens is 1. The summed E-state index contributed by atoms with van der Waals surface area (Å²) in [6.45, 7) is 0. The van der Waals surface area contributed by atoms with Gasteiger partial charge in [0.05, 0.1) is 21.9 Å². The molecule has 166 valence electrons. The Kier molecular flexibility index (Phi) is 5.17. The monoisotopic (exact) mass is 440 g/mol. The molecule has 2 atom stereocenters. The first-order chi connectivity index (χ1) is 15.1. The number of carbonyl (C=O) groups excluding carboxylic acids is 2. The van der Waals surface area contributed by atoms with Gasteiger partial charge in [0, 0.05) is 33.1 Å². The van der Waals surface area contributed by atoms with E-state index in [1.807, 2.05) is 0 Å². The molecule has 2 amide bonds. The topological polar surface area (TPSA) is 120 Å². The lowest BCUT2D eigenvalue weighted by Gasteiger charge is -2.47. The van der Waals surface area contributed by atoms with E-state index >= 15 is 0 Å². The molecule has 1 aliphatic rings. The van der Waals surface area contributed by atoms with Gasteiger partial charge in [-0.25, -0.2) is 4.39 Å². The number of nitrogens with one attached hydrogen (secondary N) is 1. The van der Waals surface area contributed by atoms with Crippen molar-refractivity contribution in [2.75, 3.05) is 14.1 Å². The molecule has 0 bridgehead atoms. The van der Waals surface area contributed by atoms with Gasteiger partial charge in [0.2, 0.25) is 11.6 Å². The van der Waals surface area contributed by atoms with Crippen molar-refractivity contribution in [2.45, 2.75) is 24.6 Å². The molecule has 1 aromatic heterocycles. The minimum Gasteiger partial charge on any atom is -0.363 e. The number of nitro groups is 1. The minimum atomic E-state index is -2.06. The van der Waals surface area contributed by atoms with Gasteiger partial charge in [-0.2, -0.15) is 0 Å². The number of nitrogens with zero attached hydrogens (tertiary/aromatic N) is 3. The number of likely N-dealkylation sites (N-methyl/N-ethyl adjacent to an activating group) is 2. The zero-order valence-corrected chi connectivity index (χ0v) is 17.4. The molecular formula is C22H21FN4O5. The molecule has 0 spiro atoms. The van der Waals surface area contributed by atoms with Crippen LogP contribution in [0.25, 0.3) is 10.9 Å². The molecule has 2 aromatic carbocycles. The lowest BCUT2D eigenvalue weighted by atomic mass is 9.92. The summed E-state index contributed by atoms with van der Waals surface area (Å²) in [5.74, 6) is -1.93. The smallest absolute Gasteiger partial charge is 0.281 e. The van der Waals surface area contributed by atoms with Crippen molar-refractivity contribution in [3.8, 4) is 0 Å². The zero-order valence-electron chi connectivity index (χ0n) is 17.4. The van der Waals surface area contributed by atoms with Gasteiger partial charge in [-0.15, -0.1) is 0 Å². The first-order valence-electron chi connectivity index (χ1n) is 9.88. The number of aromatic amines is 1. The molecule has 2 N–H and O–H groups in total. The van der Waals surface area contributed by atoms with Gasteiger partial charge in [-0.05, 0) is 17.2 Å². The third-order valence-corrected chi connectivity index (χ3v) is 6.01. The van der Waals surface area contributed by atoms with Crippen LogP contribution in [0, 0.1) is 15.9 Å². The molecule has 3 aromatic rings. The zero-order chi connectivity index (χ0) is 23.2. The van der Waals surface area contributed by atoms with Crippen molar-refractivity contribution in [3.63, 3.8) is 0 Å². The summed E-state index contributed by atoms with van der Waals surface area (Å²) in [7, 11) is 2.77.